The summed E-state index contributed by atoms with van der Waals surface area (Å²) in [6.45, 7) is -0.467. The Morgan fingerprint density at radius 3 is 1.45 bits per heavy atom. The smallest absolute Gasteiger partial charge is 0.300 e. The molecule has 4 N–H and O–H groups in total. The van der Waals surface area contributed by atoms with Gasteiger partial charge in [-0.3, -0.25) is 19.8 Å². The van der Waals surface area contributed by atoms with E-state index in [1.54, 1.807) is 12.1 Å². The molecule has 0 saturated heterocycles. The van der Waals surface area contributed by atoms with Crippen molar-refractivity contribution in [2.75, 3.05) is 27.7 Å². The molecule has 29 heavy (non-hydrogen) atoms. The quantitative estimate of drug-likeness (QED) is 0.370. The summed E-state index contributed by atoms with van der Waals surface area (Å²) in [5.74, 6) is 0.0909. The first kappa shape index (κ1) is 21.5. The third-order valence-electron chi connectivity index (χ3n) is 4.47. The Kier molecular flexibility index (Phi) is 5.85. The molecule has 0 spiro atoms. The van der Waals surface area contributed by atoms with Crippen molar-refractivity contribution in [3.63, 3.8) is 0 Å². The summed E-state index contributed by atoms with van der Waals surface area (Å²) in [7, 11) is -6.14. The molecule has 0 aliphatic heterocycles. The topological polar surface area (TPSA) is 157 Å². The molecule has 0 heterocycles. The van der Waals surface area contributed by atoms with Gasteiger partial charge in [-0.1, -0.05) is 0 Å². The molecule has 10 nitrogen and oxygen atoms in total. The lowest BCUT2D eigenvalue weighted by atomic mass is 10.1. The van der Waals surface area contributed by atoms with Gasteiger partial charge in [-0.05, 0) is 52.9 Å². The minimum absolute atomic E-state index is 0.0454. The van der Waals surface area contributed by atoms with Gasteiger partial charge in [0.1, 0.15) is 34.8 Å². The molecule has 0 aromatic heterocycles. The second kappa shape index (κ2) is 7.89. The van der Waals surface area contributed by atoms with Crippen molar-refractivity contribution in [2.45, 2.75) is 16.2 Å². The van der Waals surface area contributed by atoms with Crippen LogP contribution >= 0.6 is 0 Å². The number of hydrogen-bond donors (Lipinski definition) is 2. The summed E-state index contributed by atoms with van der Waals surface area (Å²) in [6.07, 6.45) is 0.396. The molecule has 0 bridgehead atoms. The maximum absolute atomic E-state index is 12.3. The van der Waals surface area contributed by atoms with E-state index in [0.29, 0.717) is 17.5 Å². The first-order chi connectivity index (χ1) is 13.7. The zero-order valence-corrected chi connectivity index (χ0v) is 17.3. The van der Waals surface area contributed by atoms with Crippen LogP contribution in [0.5, 0.6) is 11.5 Å². The number of nitrogens with two attached hydrogens (primary N) is 2. The van der Waals surface area contributed by atoms with Crippen molar-refractivity contribution < 1.29 is 34.7 Å². The van der Waals surface area contributed by atoms with E-state index >= 15 is 0 Å². The van der Waals surface area contributed by atoms with Gasteiger partial charge in [-0.25, -0.2) is 0 Å². The Bertz CT molecular complexity index is 1070. The molecule has 1 aliphatic rings. The van der Waals surface area contributed by atoms with Crippen molar-refractivity contribution >= 4 is 20.2 Å². The van der Waals surface area contributed by atoms with Crippen LogP contribution in [0.4, 0.5) is 0 Å². The second-order valence-electron chi connectivity index (χ2n) is 5.95. The highest BCUT2D eigenvalue weighted by Crippen LogP contribution is 2.44. The Labute approximate surface area is 168 Å². The molecule has 2 aromatic rings. The standard InChI is InChI=1S/C17H20N2O8S2/c1-24-28(20,21)16-6-12-10(4-14(16)26-8-18)3-11-5-15(27-9-19)17(7-13(11)12)29(22,23)25-2/h4-7H,3,8-9,18-19H2,1-2H3. The third-order valence-corrected chi connectivity index (χ3v) is 7.06. The van der Waals surface area contributed by atoms with Gasteiger partial charge >= 0.3 is 0 Å². The average Bonchev–Trinajstić information content (AvgIpc) is 3.03. The van der Waals surface area contributed by atoms with E-state index < -0.39 is 20.2 Å². The van der Waals surface area contributed by atoms with Gasteiger partial charge in [0, 0.05) is 0 Å². The van der Waals surface area contributed by atoms with Crippen molar-refractivity contribution in [3.05, 3.63) is 35.4 Å². The zero-order chi connectivity index (χ0) is 21.4. The zero-order valence-electron chi connectivity index (χ0n) is 15.7. The lowest BCUT2D eigenvalue weighted by Crippen LogP contribution is -2.12. The van der Waals surface area contributed by atoms with Crippen LogP contribution in [0.1, 0.15) is 11.1 Å². The van der Waals surface area contributed by atoms with Gasteiger partial charge in [0.2, 0.25) is 0 Å². The average molecular weight is 444 g/mol. The van der Waals surface area contributed by atoms with E-state index in [4.69, 9.17) is 20.9 Å². The summed E-state index contributed by atoms with van der Waals surface area (Å²) in [4.78, 5) is -0.425. The van der Waals surface area contributed by atoms with Crippen LogP contribution in [0.15, 0.2) is 34.1 Å². The number of benzene rings is 2. The molecule has 3 rings (SSSR count). The molecular weight excluding hydrogens is 424 g/mol. The number of ether oxygens (including phenoxy) is 2. The first-order valence-electron chi connectivity index (χ1n) is 8.29. The predicted molar refractivity (Wildman–Crippen MR) is 102 cm³/mol. The van der Waals surface area contributed by atoms with E-state index in [0.717, 1.165) is 25.3 Å². The van der Waals surface area contributed by atoms with Crippen LogP contribution in [-0.4, -0.2) is 44.5 Å². The van der Waals surface area contributed by atoms with Gasteiger partial charge < -0.3 is 9.47 Å². The van der Waals surface area contributed by atoms with Crippen molar-refractivity contribution in [1.29, 1.82) is 0 Å². The van der Waals surface area contributed by atoms with Crippen molar-refractivity contribution in [3.8, 4) is 22.6 Å². The number of hydrogen-bond acceptors (Lipinski definition) is 10. The molecule has 2 aromatic carbocycles. The van der Waals surface area contributed by atoms with Gasteiger partial charge in [-0.2, -0.15) is 16.8 Å². The largest absolute Gasteiger partial charge is 0.477 e. The van der Waals surface area contributed by atoms with Crippen LogP contribution in [-0.2, 0) is 35.0 Å². The summed E-state index contributed by atoms with van der Waals surface area (Å²) in [6, 6.07) is 5.83. The summed E-state index contributed by atoms with van der Waals surface area (Å²) in [5.41, 5.74) is 13.3. The Balaban J connectivity index is 2.27. The van der Waals surface area contributed by atoms with E-state index in [1.807, 2.05) is 0 Å². The SMILES string of the molecule is COS(=O)(=O)c1cc2c(cc1OCN)Cc1cc(OCN)c(S(=O)(=O)OC)cc1-2. The van der Waals surface area contributed by atoms with Crippen molar-refractivity contribution in [2.24, 2.45) is 11.5 Å². The van der Waals surface area contributed by atoms with E-state index in [9.17, 15) is 16.8 Å². The van der Waals surface area contributed by atoms with Crippen LogP contribution in [0.25, 0.3) is 11.1 Å². The Hall–Kier alpha value is -2.22. The lowest BCUT2D eigenvalue weighted by Gasteiger charge is -2.14. The predicted octanol–water partition coefficient (Wildman–Crippen LogP) is 0.518. The molecule has 0 atom stereocenters. The monoisotopic (exact) mass is 444 g/mol. The van der Waals surface area contributed by atoms with E-state index in [1.165, 1.54) is 12.1 Å². The maximum atomic E-state index is 12.3. The van der Waals surface area contributed by atoms with Gasteiger partial charge in [0.05, 0.1) is 14.2 Å². The van der Waals surface area contributed by atoms with Crippen LogP contribution in [0.2, 0.25) is 0 Å². The number of fused-ring (bicyclic) bond motifs is 3. The van der Waals surface area contributed by atoms with Crippen LogP contribution in [0, 0.1) is 0 Å². The van der Waals surface area contributed by atoms with Gasteiger partial charge in [-0.15, -0.1) is 0 Å². The summed E-state index contributed by atoms with van der Waals surface area (Å²) in [5, 5.41) is 0. The summed E-state index contributed by atoms with van der Waals surface area (Å²) >= 11 is 0. The fourth-order valence-electron chi connectivity index (χ4n) is 3.18. The molecule has 0 unspecified atom stereocenters. The number of rotatable bonds is 8. The van der Waals surface area contributed by atoms with Gasteiger partial charge in [0.15, 0.2) is 0 Å². The van der Waals surface area contributed by atoms with E-state index in [2.05, 4.69) is 8.37 Å². The maximum Gasteiger partial charge on any atom is 0.300 e. The van der Waals surface area contributed by atoms with Gasteiger partial charge in [0.25, 0.3) is 20.2 Å². The normalized spacial score (nSPS) is 13.1. The molecule has 0 saturated carbocycles. The minimum Gasteiger partial charge on any atom is -0.477 e. The lowest BCUT2D eigenvalue weighted by molar-refractivity contribution is 0.316. The molecule has 12 heteroatoms. The minimum atomic E-state index is -4.10. The highest BCUT2D eigenvalue weighted by atomic mass is 32.2. The second-order valence-corrected chi connectivity index (χ2v) is 9.32. The molecule has 0 amide bonds. The van der Waals surface area contributed by atoms with E-state index in [-0.39, 0.29) is 34.8 Å². The fourth-order valence-corrected chi connectivity index (χ4v) is 4.79. The van der Waals surface area contributed by atoms with Crippen LogP contribution < -0.4 is 20.9 Å². The molecule has 0 radical (unpaired) electrons. The fraction of sp³-hybridized carbons (Fsp3) is 0.294. The summed E-state index contributed by atoms with van der Waals surface area (Å²) < 4.78 is 69.1. The first-order valence-corrected chi connectivity index (χ1v) is 11.1. The third kappa shape index (κ3) is 3.82. The molecule has 158 valence electrons. The molecular formula is C17H20N2O8S2. The van der Waals surface area contributed by atoms with Crippen LogP contribution in [0.3, 0.4) is 0 Å². The molecule has 0 fully saturated rings. The molecule has 1 aliphatic carbocycles. The highest BCUT2D eigenvalue weighted by Gasteiger charge is 2.30. The Morgan fingerprint density at radius 2 is 1.14 bits per heavy atom. The van der Waals surface area contributed by atoms with Crippen molar-refractivity contribution in [1.82, 2.24) is 0 Å². The highest BCUT2D eigenvalue weighted by molar-refractivity contribution is 7.87. The Morgan fingerprint density at radius 1 is 0.759 bits per heavy atom.